The first-order valence-electron chi connectivity index (χ1n) is 6.89. The minimum atomic E-state index is -0.641. The normalized spacial score (nSPS) is 32.8. The third-order valence-electron chi connectivity index (χ3n) is 4.64. The van der Waals surface area contributed by atoms with Crippen molar-refractivity contribution in [1.29, 1.82) is 0 Å². The molecule has 3 unspecified atom stereocenters. The number of rotatable bonds is 1. The summed E-state index contributed by atoms with van der Waals surface area (Å²) in [6, 6.07) is 8.36. The summed E-state index contributed by atoms with van der Waals surface area (Å²) in [6.45, 7) is 4.46. The molecule has 0 amide bonds. The van der Waals surface area contributed by atoms with Gasteiger partial charge in [0.05, 0.1) is 5.60 Å². The Morgan fingerprint density at radius 2 is 2.11 bits per heavy atom. The topological polar surface area (TPSA) is 36.0 Å². The van der Waals surface area contributed by atoms with Crippen LogP contribution in [0.4, 0.5) is 0 Å². The number of H-pyrrole nitrogens is 1. The van der Waals surface area contributed by atoms with E-state index in [1.54, 1.807) is 0 Å². The molecular weight excluding hydrogens is 222 g/mol. The van der Waals surface area contributed by atoms with Crippen LogP contribution in [-0.4, -0.2) is 10.1 Å². The van der Waals surface area contributed by atoms with Gasteiger partial charge < -0.3 is 10.1 Å². The predicted octanol–water partition coefficient (Wildman–Crippen LogP) is 3.81. The van der Waals surface area contributed by atoms with Gasteiger partial charge in [-0.3, -0.25) is 0 Å². The van der Waals surface area contributed by atoms with E-state index < -0.39 is 5.60 Å². The Balaban J connectivity index is 2.01. The molecule has 2 heteroatoms. The van der Waals surface area contributed by atoms with Crippen LogP contribution in [0.1, 0.15) is 38.7 Å². The monoisotopic (exact) mass is 243 g/mol. The van der Waals surface area contributed by atoms with E-state index in [0.29, 0.717) is 5.92 Å². The summed E-state index contributed by atoms with van der Waals surface area (Å²) in [5.41, 5.74) is 1.58. The molecule has 1 aromatic carbocycles. The van der Waals surface area contributed by atoms with Gasteiger partial charge in [-0.15, -0.1) is 0 Å². The number of hydrogen-bond donors (Lipinski definition) is 2. The molecule has 0 radical (unpaired) electrons. The maximum absolute atomic E-state index is 11.0. The van der Waals surface area contributed by atoms with Crippen molar-refractivity contribution in [1.82, 2.24) is 4.98 Å². The van der Waals surface area contributed by atoms with Gasteiger partial charge >= 0.3 is 0 Å². The van der Waals surface area contributed by atoms with Crippen molar-refractivity contribution in [3.8, 4) is 0 Å². The molecule has 1 heterocycles. The molecule has 1 fully saturated rings. The van der Waals surface area contributed by atoms with Gasteiger partial charge in [0.15, 0.2) is 0 Å². The van der Waals surface area contributed by atoms with Crippen LogP contribution in [0, 0.1) is 11.8 Å². The zero-order valence-electron chi connectivity index (χ0n) is 11.1. The van der Waals surface area contributed by atoms with Crippen LogP contribution in [0.25, 0.3) is 10.9 Å². The lowest BCUT2D eigenvalue weighted by atomic mass is 9.69. The molecule has 0 spiro atoms. The number of aromatic nitrogens is 1. The van der Waals surface area contributed by atoms with Crippen molar-refractivity contribution in [2.75, 3.05) is 0 Å². The minimum absolute atomic E-state index is 0.331. The first-order valence-corrected chi connectivity index (χ1v) is 6.89. The average molecular weight is 243 g/mol. The number of fused-ring (bicyclic) bond motifs is 1. The molecule has 0 saturated heterocycles. The van der Waals surface area contributed by atoms with Crippen LogP contribution in [-0.2, 0) is 5.60 Å². The highest BCUT2D eigenvalue weighted by Crippen LogP contribution is 2.44. The lowest BCUT2D eigenvalue weighted by molar-refractivity contribution is -0.0586. The zero-order chi connectivity index (χ0) is 12.8. The number of hydrogen-bond acceptors (Lipinski definition) is 1. The minimum Gasteiger partial charge on any atom is -0.385 e. The van der Waals surface area contributed by atoms with Crippen LogP contribution < -0.4 is 0 Å². The second-order valence-corrected chi connectivity index (χ2v) is 5.98. The molecule has 0 aliphatic heterocycles. The molecule has 1 aliphatic carbocycles. The fourth-order valence-corrected chi connectivity index (χ4v) is 3.38. The summed E-state index contributed by atoms with van der Waals surface area (Å²) in [4.78, 5) is 3.20. The third kappa shape index (κ3) is 1.76. The Morgan fingerprint density at radius 3 is 2.89 bits per heavy atom. The molecule has 3 atom stereocenters. The lowest BCUT2D eigenvalue weighted by Crippen LogP contribution is -2.38. The fourth-order valence-electron chi connectivity index (χ4n) is 3.38. The van der Waals surface area contributed by atoms with Crippen molar-refractivity contribution < 1.29 is 5.11 Å². The van der Waals surface area contributed by atoms with Gasteiger partial charge in [-0.25, -0.2) is 0 Å². The summed E-state index contributed by atoms with van der Waals surface area (Å²) in [5.74, 6) is 1.06. The molecule has 2 N–H and O–H groups in total. The van der Waals surface area contributed by atoms with E-state index in [2.05, 4.69) is 43.1 Å². The van der Waals surface area contributed by atoms with Crippen molar-refractivity contribution >= 4 is 10.9 Å². The number of nitrogens with one attached hydrogen (secondary N) is 1. The van der Waals surface area contributed by atoms with Gasteiger partial charge in [-0.05, 0) is 60.2 Å². The Hall–Kier alpha value is -1.28. The van der Waals surface area contributed by atoms with E-state index in [0.717, 1.165) is 36.3 Å². The fraction of sp³-hybridized carbons (Fsp3) is 0.500. The van der Waals surface area contributed by atoms with E-state index in [-0.39, 0.29) is 0 Å². The van der Waals surface area contributed by atoms with Crippen molar-refractivity contribution in [2.24, 2.45) is 11.8 Å². The van der Waals surface area contributed by atoms with E-state index >= 15 is 0 Å². The summed E-state index contributed by atoms with van der Waals surface area (Å²) < 4.78 is 0. The summed E-state index contributed by atoms with van der Waals surface area (Å²) in [7, 11) is 0. The van der Waals surface area contributed by atoms with Crippen LogP contribution in [0.15, 0.2) is 30.5 Å². The number of benzene rings is 1. The smallest absolute Gasteiger partial charge is 0.0922 e. The summed E-state index contributed by atoms with van der Waals surface area (Å²) in [5, 5.41) is 12.2. The molecule has 1 aromatic heterocycles. The highest BCUT2D eigenvalue weighted by atomic mass is 16.3. The third-order valence-corrected chi connectivity index (χ3v) is 4.64. The highest BCUT2D eigenvalue weighted by Gasteiger charge is 2.39. The predicted molar refractivity (Wildman–Crippen MR) is 74.4 cm³/mol. The molecule has 1 aliphatic rings. The van der Waals surface area contributed by atoms with Crippen molar-refractivity contribution in [3.63, 3.8) is 0 Å². The second-order valence-electron chi connectivity index (χ2n) is 5.98. The Kier molecular flexibility index (Phi) is 2.70. The molecule has 2 aromatic rings. The SMILES string of the molecule is CC1CCC(O)(c2ccc3[nH]ccc3c2)C(C)C1. The first-order chi connectivity index (χ1) is 8.59. The van der Waals surface area contributed by atoms with Gasteiger partial charge in [0.25, 0.3) is 0 Å². The molecule has 18 heavy (non-hydrogen) atoms. The number of aromatic amines is 1. The first kappa shape index (κ1) is 11.8. The van der Waals surface area contributed by atoms with Crippen LogP contribution in [0.3, 0.4) is 0 Å². The highest BCUT2D eigenvalue weighted by molar-refractivity contribution is 5.80. The Labute approximate surface area is 108 Å². The maximum Gasteiger partial charge on any atom is 0.0922 e. The van der Waals surface area contributed by atoms with Gasteiger partial charge in [-0.2, -0.15) is 0 Å². The summed E-state index contributed by atoms with van der Waals surface area (Å²) >= 11 is 0. The second kappa shape index (κ2) is 4.13. The summed E-state index contributed by atoms with van der Waals surface area (Å²) in [6.07, 6.45) is 5.06. The van der Waals surface area contributed by atoms with Crippen molar-refractivity contribution in [3.05, 3.63) is 36.0 Å². The van der Waals surface area contributed by atoms with Gasteiger partial charge in [0, 0.05) is 11.7 Å². The molecule has 96 valence electrons. The van der Waals surface area contributed by atoms with Crippen LogP contribution >= 0.6 is 0 Å². The molecule has 1 saturated carbocycles. The Bertz CT molecular complexity index is 559. The van der Waals surface area contributed by atoms with E-state index in [9.17, 15) is 5.11 Å². The molecule has 2 nitrogen and oxygen atoms in total. The average Bonchev–Trinajstić information content (AvgIpc) is 2.81. The molecular formula is C16H21NO. The quantitative estimate of drug-likeness (QED) is 0.785. The van der Waals surface area contributed by atoms with E-state index in [4.69, 9.17) is 0 Å². The largest absolute Gasteiger partial charge is 0.385 e. The zero-order valence-corrected chi connectivity index (χ0v) is 11.1. The Morgan fingerprint density at radius 1 is 1.28 bits per heavy atom. The van der Waals surface area contributed by atoms with Crippen LogP contribution in [0.2, 0.25) is 0 Å². The molecule has 0 bridgehead atoms. The van der Waals surface area contributed by atoms with E-state index in [1.807, 2.05) is 6.20 Å². The lowest BCUT2D eigenvalue weighted by Gasteiger charge is -2.41. The van der Waals surface area contributed by atoms with Gasteiger partial charge in [0.2, 0.25) is 0 Å². The molecule has 3 rings (SSSR count). The number of aliphatic hydroxyl groups is 1. The van der Waals surface area contributed by atoms with Crippen molar-refractivity contribution in [2.45, 2.75) is 38.7 Å². The maximum atomic E-state index is 11.0. The van der Waals surface area contributed by atoms with E-state index in [1.165, 1.54) is 5.39 Å². The van der Waals surface area contributed by atoms with Crippen LogP contribution in [0.5, 0.6) is 0 Å². The standard InChI is InChI=1S/C16H21NO/c1-11-5-7-16(18,12(2)9-11)14-3-4-15-13(10-14)6-8-17-15/h3-4,6,8,10-12,17-18H,5,7,9H2,1-2H3. The van der Waals surface area contributed by atoms with Gasteiger partial charge in [-0.1, -0.05) is 19.9 Å². The van der Waals surface area contributed by atoms with Gasteiger partial charge in [0.1, 0.15) is 0 Å².